The van der Waals surface area contributed by atoms with E-state index >= 15 is 0 Å². The van der Waals surface area contributed by atoms with Crippen LogP contribution in [0.4, 0.5) is 4.79 Å². The molecule has 0 bridgehead atoms. The van der Waals surface area contributed by atoms with Crippen molar-refractivity contribution in [2.75, 3.05) is 13.1 Å². The Bertz CT molecular complexity index is 842. The molecular weight excluding hydrogens is 346 g/mol. The lowest BCUT2D eigenvalue weighted by Crippen LogP contribution is -2.47. The minimum absolute atomic E-state index is 0.130. The molecule has 2 N–H and O–H groups in total. The number of nitrogens with zero attached hydrogens (tertiary/aromatic N) is 2. The number of rotatable bonds is 5. The lowest BCUT2D eigenvalue weighted by Gasteiger charge is -2.32. The van der Waals surface area contributed by atoms with Crippen molar-refractivity contribution in [3.05, 3.63) is 70.6 Å². The summed E-state index contributed by atoms with van der Waals surface area (Å²) in [4.78, 5) is 37.5. The van der Waals surface area contributed by atoms with Crippen LogP contribution < -0.4 is 10.9 Å². The number of aromatic nitrogens is 1. The number of hydrogen-bond donors (Lipinski definition) is 2. The number of carboxylic acids is 1. The maximum Gasteiger partial charge on any atom is 0.317 e. The number of carbonyl (C=O) groups is 2. The number of hydrogen-bond acceptors (Lipinski definition) is 3. The molecule has 3 rings (SSSR count). The second kappa shape index (κ2) is 8.53. The van der Waals surface area contributed by atoms with Gasteiger partial charge in [-0.3, -0.25) is 9.59 Å². The van der Waals surface area contributed by atoms with Crippen molar-refractivity contribution >= 4 is 12.0 Å². The van der Waals surface area contributed by atoms with E-state index in [9.17, 15) is 14.4 Å². The molecule has 1 unspecified atom stereocenters. The summed E-state index contributed by atoms with van der Waals surface area (Å²) in [7, 11) is 0. The summed E-state index contributed by atoms with van der Waals surface area (Å²) in [5.74, 6) is -1.19. The molecule has 0 aliphatic carbocycles. The number of benzene rings is 1. The SMILES string of the molecule is O=C(O)C1CCN(C(=O)NC(Cn2ccccc2=O)c2ccccc2)CC1. The summed E-state index contributed by atoms with van der Waals surface area (Å²) >= 11 is 0. The lowest BCUT2D eigenvalue weighted by atomic mass is 9.97. The van der Waals surface area contributed by atoms with Gasteiger partial charge in [0.05, 0.1) is 18.5 Å². The number of aliphatic carboxylic acids is 1. The van der Waals surface area contributed by atoms with E-state index in [2.05, 4.69) is 5.32 Å². The Morgan fingerprint density at radius 1 is 1.07 bits per heavy atom. The molecule has 7 heteroatoms. The number of nitrogens with one attached hydrogen (secondary N) is 1. The van der Waals surface area contributed by atoms with Crippen LogP contribution in [0.25, 0.3) is 0 Å². The van der Waals surface area contributed by atoms with Crippen LogP contribution in [0.5, 0.6) is 0 Å². The Balaban J connectivity index is 1.72. The molecule has 27 heavy (non-hydrogen) atoms. The topological polar surface area (TPSA) is 91.6 Å². The molecule has 0 radical (unpaired) electrons. The summed E-state index contributed by atoms with van der Waals surface area (Å²) in [5.41, 5.74) is 0.775. The normalized spacial score (nSPS) is 15.9. The highest BCUT2D eigenvalue weighted by Gasteiger charge is 2.28. The van der Waals surface area contributed by atoms with Gasteiger partial charge in [0.1, 0.15) is 0 Å². The largest absolute Gasteiger partial charge is 0.481 e. The summed E-state index contributed by atoms with van der Waals surface area (Å²) in [6.45, 7) is 1.15. The van der Waals surface area contributed by atoms with E-state index in [0.29, 0.717) is 32.5 Å². The molecular formula is C20H23N3O4. The number of piperidine rings is 1. The third-order valence-electron chi connectivity index (χ3n) is 4.91. The summed E-state index contributed by atoms with van der Waals surface area (Å²) < 4.78 is 1.56. The van der Waals surface area contributed by atoms with Crippen LogP contribution in [0, 0.1) is 5.92 Å². The molecule has 1 aliphatic rings. The highest BCUT2D eigenvalue weighted by atomic mass is 16.4. The fraction of sp³-hybridized carbons (Fsp3) is 0.350. The highest BCUT2D eigenvalue weighted by Crippen LogP contribution is 2.19. The molecule has 7 nitrogen and oxygen atoms in total. The van der Waals surface area contributed by atoms with Gasteiger partial charge < -0.3 is 19.9 Å². The molecule has 2 amide bonds. The predicted molar refractivity (Wildman–Crippen MR) is 100 cm³/mol. The first kappa shape index (κ1) is 18.7. The van der Waals surface area contributed by atoms with E-state index in [4.69, 9.17) is 5.11 Å². The maximum atomic E-state index is 12.7. The molecule has 0 saturated carbocycles. The average molecular weight is 369 g/mol. The number of amides is 2. The van der Waals surface area contributed by atoms with Gasteiger partial charge in [0.25, 0.3) is 5.56 Å². The number of urea groups is 1. The van der Waals surface area contributed by atoms with E-state index in [1.165, 1.54) is 6.07 Å². The van der Waals surface area contributed by atoms with Gasteiger partial charge in [0.15, 0.2) is 0 Å². The quantitative estimate of drug-likeness (QED) is 0.844. The summed E-state index contributed by atoms with van der Waals surface area (Å²) in [5, 5.41) is 12.1. The van der Waals surface area contributed by atoms with Crippen LogP contribution in [-0.2, 0) is 11.3 Å². The van der Waals surface area contributed by atoms with E-state index in [1.807, 2.05) is 30.3 Å². The lowest BCUT2D eigenvalue weighted by molar-refractivity contribution is -0.143. The molecule has 2 aromatic rings. The van der Waals surface area contributed by atoms with Crippen molar-refractivity contribution in [2.45, 2.75) is 25.4 Å². The fourth-order valence-electron chi connectivity index (χ4n) is 3.30. The predicted octanol–water partition coefficient (Wildman–Crippen LogP) is 2.10. The molecule has 1 aromatic carbocycles. The zero-order valence-corrected chi connectivity index (χ0v) is 15.0. The van der Waals surface area contributed by atoms with Gasteiger partial charge in [-0.1, -0.05) is 36.4 Å². The van der Waals surface area contributed by atoms with Gasteiger partial charge in [-0.2, -0.15) is 0 Å². The molecule has 1 saturated heterocycles. The van der Waals surface area contributed by atoms with Crippen molar-refractivity contribution in [1.82, 2.24) is 14.8 Å². The molecule has 0 spiro atoms. The van der Waals surface area contributed by atoms with E-state index in [-0.39, 0.29) is 23.6 Å². The van der Waals surface area contributed by atoms with Gasteiger partial charge in [-0.15, -0.1) is 0 Å². The molecule has 1 atom stereocenters. The second-order valence-electron chi connectivity index (χ2n) is 6.70. The number of pyridine rings is 1. The van der Waals surface area contributed by atoms with Gasteiger partial charge in [-0.05, 0) is 24.5 Å². The maximum absolute atomic E-state index is 12.7. The molecule has 1 aromatic heterocycles. The Hall–Kier alpha value is -3.09. The second-order valence-corrected chi connectivity index (χ2v) is 6.70. The van der Waals surface area contributed by atoms with Gasteiger partial charge in [-0.25, -0.2) is 4.79 Å². The zero-order valence-electron chi connectivity index (χ0n) is 15.0. The first-order valence-corrected chi connectivity index (χ1v) is 9.03. The van der Waals surface area contributed by atoms with Gasteiger partial charge in [0, 0.05) is 25.4 Å². The number of carboxylic acid groups (broad SMARTS) is 1. The Kier molecular flexibility index (Phi) is 5.90. The molecule has 2 heterocycles. The van der Waals surface area contributed by atoms with Crippen molar-refractivity contribution in [3.63, 3.8) is 0 Å². The van der Waals surface area contributed by atoms with Crippen molar-refractivity contribution in [3.8, 4) is 0 Å². The minimum atomic E-state index is -0.805. The Labute approximate surface area is 157 Å². The highest BCUT2D eigenvalue weighted by molar-refractivity contribution is 5.75. The zero-order chi connectivity index (χ0) is 19.2. The smallest absolute Gasteiger partial charge is 0.317 e. The summed E-state index contributed by atoms with van der Waals surface area (Å²) in [6.07, 6.45) is 2.61. The number of likely N-dealkylation sites (tertiary alicyclic amines) is 1. The van der Waals surface area contributed by atoms with Crippen LogP contribution in [-0.4, -0.2) is 39.7 Å². The van der Waals surface area contributed by atoms with Gasteiger partial charge in [0.2, 0.25) is 0 Å². The Morgan fingerprint density at radius 3 is 2.37 bits per heavy atom. The third-order valence-corrected chi connectivity index (χ3v) is 4.91. The van der Waals surface area contributed by atoms with Crippen molar-refractivity contribution in [2.24, 2.45) is 5.92 Å². The Morgan fingerprint density at radius 2 is 1.74 bits per heavy atom. The van der Waals surface area contributed by atoms with Crippen LogP contribution in [0.1, 0.15) is 24.4 Å². The standard InChI is InChI=1S/C20H23N3O4/c24-18-8-4-5-11-23(18)14-17(15-6-2-1-3-7-15)21-20(27)22-12-9-16(10-13-22)19(25)26/h1-8,11,16-17H,9-10,12-14H2,(H,21,27)(H,25,26). The van der Waals surface area contributed by atoms with E-state index in [0.717, 1.165) is 5.56 Å². The third kappa shape index (κ3) is 4.75. The van der Waals surface area contributed by atoms with Crippen molar-refractivity contribution in [1.29, 1.82) is 0 Å². The van der Waals surface area contributed by atoms with E-state index < -0.39 is 5.97 Å². The van der Waals surface area contributed by atoms with Crippen LogP contribution in [0.3, 0.4) is 0 Å². The van der Waals surface area contributed by atoms with Crippen LogP contribution >= 0.6 is 0 Å². The first-order chi connectivity index (χ1) is 13.0. The van der Waals surface area contributed by atoms with E-state index in [1.54, 1.807) is 27.8 Å². The summed E-state index contributed by atoms with van der Waals surface area (Å²) in [6, 6.07) is 13.8. The number of carbonyl (C=O) groups excluding carboxylic acids is 1. The first-order valence-electron chi connectivity index (χ1n) is 9.03. The fourth-order valence-corrected chi connectivity index (χ4v) is 3.30. The van der Waals surface area contributed by atoms with Crippen LogP contribution in [0.15, 0.2) is 59.5 Å². The van der Waals surface area contributed by atoms with Crippen molar-refractivity contribution < 1.29 is 14.7 Å². The van der Waals surface area contributed by atoms with Crippen LogP contribution in [0.2, 0.25) is 0 Å². The molecule has 1 fully saturated rings. The minimum Gasteiger partial charge on any atom is -0.481 e. The van der Waals surface area contributed by atoms with Gasteiger partial charge >= 0.3 is 12.0 Å². The molecule has 1 aliphatic heterocycles. The average Bonchev–Trinajstić information content (AvgIpc) is 2.69. The monoisotopic (exact) mass is 369 g/mol. The molecule has 142 valence electrons.